The Kier molecular flexibility index (Phi) is 3.55. The van der Waals surface area contributed by atoms with Gasteiger partial charge >= 0.3 is 5.97 Å². The number of hydrogen-bond acceptors (Lipinski definition) is 4. The van der Waals surface area contributed by atoms with Gasteiger partial charge in [-0.1, -0.05) is 6.07 Å². The maximum Gasteiger partial charge on any atom is 0.338 e. The van der Waals surface area contributed by atoms with Gasteiger partial charge in [0.25, 0.3) is 0 Å². The van der Waals surface area contributed by atoms with Gasteiger partial charge in [-0.3, -0.25) is 0 Å². The van der Waals surface area contributed by atoms with Crippen molar-refractivity contribution in [3.05, 3.63) is 29.3 Å². The molecule has 0 aliphatic heterocycles. The standard InChI is InChI=1S/C10H9NO2S/c1-7-8(10(12)13-2)4-3-5-9(7)14-6-11/h3-5H,1-2H3. The molecule has 0 fully saturated rings. The van der Waals surface area contributed by atoms with Gasteiger partial charge < -0.3 is 4.74 Å². The summed E-state index contributed by atoms with van der Waals surface area (Å²) >= 11 is 1.04. The molecular weight excluding hydrogens is 198 g/mol. The predicted octanol–water partition coefficient (Wildman–Crippen LogP) is 2.35. The van der Waals surface area contributed by atoms with Crippen LogP contribution in [0.25, 0.3) is 0 Å². The zero-order valence-electron chi connectivity index (χ0n) is 7.90. The molecule has 0 saturated carbocycles. The molecule has 0 bridgehead atoms. The van der Waals surface area contributed by atoms with Gasteiger partial charge in [0.1, 0.15) is 5.40 Å². The van der Waals surface area contributed by atoms with Crippen LogP contribution >= 0.6 is 11.8 Å². The Labute approximate surface area is 86.7 Å². The van der Waals surface area contributed by atoms with Crippen molar-refractivity contribution in [1.82, 2.24) is 0 Å². The fourth-order valence-electron chi connectivity index (χ4n) is 1.11. The molecule has 3 nitrogen and oxygen atoms in total. The summed E-state index contributed by atoms with van der Waals surface area (Å²) in [6, 6.07) is 5.22. The van der Waals surface area contributed by atoms with Crippen LogP contribution in [-0.2, 0) is 4.74 Å². The maximum absolute atomic E-state index is 11.3. The van der Waals surface area contributed by atoms with Crippen LogP contribution in [0, 0.1) is 17.6 Å². The van der Waals surface area contributed by atoms with Gasteiger partial charge in [0.15, 0.2) is 0 Å². The second-order valence-corrected chi connectivity index (χ2v) is 3.44. The first-order valence-corrected chi connectivity index (χ1v) is 4.76. The van der Waals surface area contributed by atoms with E-state index in [0.717, 1.165) is 22.2 Å². The van der Waals surface area contributed by atoms with Crippen molar-refractivity contribution in [2.45, 2.75) is 11.8 Å². The summed E-state index contributed by atoms with van der Waals surface area (Å²) in [5.41, 5.74) is 1.29. The minimum Gasteiger partial charge on any atom is -0.465 e. The highest BCUT2D eigenvalue weighted by atomic mass is 32.2. The lowest BCUT2D eigenvalue weighted by Gasteiger charge is -2.05. The first-order valence-electron chi connectivity index (χ1n) is 3.94. The third-order valence-corrected chi connectivity index (χ3v) is 2.60. The molecular formula is C10H9NO2S. The van der Waals surface area contributed by atoms with Gasteiger partial charge in [0.05, 0.1) is 12.7 Å². The van der Waals surface area contributed by atoms with Gasteiger partial charge in [-0.25, -0.2) is 4.79 Å². The molecule has 0 radical (unpaired) electrons. The van der Waals surface area contributed by atoms with E-state index in [9.17, 15) is 4.79 Å². The number of esters is 1. The molecule has 1 aromatic rings. The van der Waals surface area contributed by atoms with Crippen LogP contribution in [0.4, 0.5) is 0 Å². The summed E-state index contributed by atoms with van der Waals surface area (Å²) in [4.78, 5) is 12.1. The molecule has 0 saturated heterocycles. The molecule has 0 heterocycles. The molecule has 1 rings (SSSR count). The van der Waals surface area contributed by atoms with Crippen molar-refractivity contribution in [2.24, 2.45) is 0 Å². The third kappa shape index (κ3) is 2.06. The molecule has 0 spiro atoms. The Morgan fingerprint density at radius 2 is 2.29 bits per heavy atom. The highest BCUT2D eigenvalue weighted by Gasteiger charge is 2.11. The van der Waals surface area contributed by atoms with Crippen molar-refractivity contribution in [1.29, 1.82) is 5.26 Å². The van der Waals surface area contributed by atoms with Gasteiger partial charge in [0, 0.05) is 4.90 Å². The van der Waals surface area contributed by atoms with Crippen LogP contribution in [0.2, 0.25) is 0 Å². The molecule has 0 N–H and O–H groups in total. The van der Waals surface area contributed by atoms with Crippen molar-refractivity contribution >= 4 is 17.7 Å². The predicted molar refractivity (Wildman–Crippen MR) is 54.0 cm³/mol. The van der Waals surface area contributed by atoms with Crippen LogP contribution in [0.3, 0.4) is 0 Å². The van der Waals surface area contributed by atoms with E-state index >= 15 is 0 Å². The van der Waals surface area contributed by atoms with E-state index in [2.05, 4.69) is 4.74 Å². The van der Waals surface area contributed by atoms with E-state index in [1.54, 1.807) is 25.1 Å². The Bertz CT molecular complexity index is 396. The molecule has 14 heavy (non-hydrogen) atoms. The van der Waals surface area contributed by atoms with Crippen LogP contribution in [0.1, 0.15) is 15.9 Å². The number of hydrogen-bond donors (Lipinski definition) is 0. The number of thiocyanates is 1. The highest BCUT2D eigenvalue weighted by Crippen LogP contribution is 2.24. The average molecular weight is 207 g/mol. The summed E-state index contributed by atoms with van der Waals surface area (Å²) in [7, 11) is 1.34. The molecule has 0 aromatic heterocycles. The number of carbonyl (C=O) groups excluding carboxylic acids is 1. The lowest BCUT2D eigenvalue weighted by molar-refractivity contribution is 0.0599. The number of nitrogens with zero attached hydrogens (tertiary/aromatic N) is 1. The van der Waals surface area contributed by atoms with Gasteiger partial charge in [0.2, 0.25) is 0 Å². The van der Waals surface area contributed by atoms with Crippen LogP contribution in [0.15, 0.2) is 23.1 Å². The molecule has 0 aliphatic rings. The first kappa shape index (κ1) is 10.6. The number of nitriles is 1. The molecule has 72 valence electrons. The quantitative estimate of drug-likeness (QED) is 0.424. The minimum atomic E-state index is -0.372. The number of carbonyl (C=O) groups is 1. The normalized spacial score (nSPS) is 9.21. The van der Waals surface area contributed by atoms with E-state index < -0.39 is 0 Å². The molecule has 0 atom stereocenters. The monoisotopic (exact) mass is 207 g/mol. The molecule has 1 aromatic carbocycles. The van der Waals surface area contributed by atoms with Gasteiger partial charge in [-0.05, 0) is 36.4 Å². The van der Waals surface area contributed by atoms with Crippen molar-refractivity contribution < 1.29 is 9.53 Å². The number of thioether (sulfide) groups is 1. The van der Waals surface area contributed by atoms with E-state index in [1.165, 1.54) is 7.11 Å². The topological polar surface area (TPSA) is 50.1 Å². The number of methoxy groups -OCH3 is 1. The van der Waals surface area contributed by atoms with E-state index in [0.29, 0.717) is 5.56 Å². The summed E-state index contributed by atoms with van der Waals surface area (Å²) in [5.74, 6) is -0.372. The van der Waals surface area contributed by atoms with Crippen molar-refractivity contribution in [2.75, 3.05) is 7.11 Å². The van der Waals surface area contributed by atoms with Crippen LogP contribution in [-0.4, -0.2) is 13.1 Å². The fourth-order valence-corrected chi connectivity index (χ4v) is 1.61. The Morgan fingerprint density at radius 1 is 1.57 bits per heavy atom. The zero-order chi connectivity index (χ0) is 10.6. The average Bonchev–Trinajstić information content (AvgIpc) is 2.20. The lowest BCUT2D eigenvalue weighted by Crippen LogP contribution is -2.03. The van der Waals surface area contributed by atoms with Crippen LogP contribution in [0.5, 0.6) is 0 Å². The smallest absolute Gasteiger partial charge is 0.338 e. The van der Waals surface area contributed by atoms with Gasteiger partial charge in [-0.2, -0.15) is 5.26 Å². The highest BCUT2D eigenvalue weighted by molar-refractivity contribution is 8.03. The second kappa shape index (κ2) is 4.68. The van der Waals surface area contributed by atoms with E-state index in [4.69, 9.17) is 5.26 Å². The number of benzene rings is 1. The largest absolute Gasteiger partial charge is 0.465 e. The summed E-state index contributed by atoms with van der Waals surface area (Å²) < 4.78 is 4.62. The van der Waals surface area contributed by atoms with E-state index in [1.807, 2.05) is 5.40 Å². The number of ether oxygens (including phenoxy) is 1. The van der Waals surface area contributed by atoms with Gasteiger partial charge in [-0.15, -0.1) is 0 Å². The minimum absolute atomic E-state index is 0.372. The Hall–Kier alpha value is -1.47. The number of rotatable bonds is 2. The van der Waals surface area contributed by atoms with Crippen molar-refractivity contribution in [3.63, 3.8) is 0 Å². The molecule has 4 heteroatoms. The van der Waals surface area contributed by atoms with Crippen LogP contribution < -0.4 is 0 Å². The van der Waals surface area contributed by atoms with Crippen molar-refractivity contribution in [3.8, 4) is 5.40 Å². The first-order chi connectivity index (χ1) is 6.70. The summed E-state index contributed by atoms with van der Waals surface area (Å²) in [6.07, 6.45) is 0. The molecule has 0 amide bonds. The Morgan fingerprint density at radius 3 is 2.86 bits per heavy atom. The molecule has 0 aliphatic carbocycles. The lowest BCUT2D eigenvalue weighted by atomic mass is 10.1. The zero-order valence-corrected chi connectivity index (χ0v) is 8.72. The maximum atomic E-state index is 11.3. The van der Waals surface area contributed by atoms with E-state index in [-0.39, 0.29) is 5.97 Å². The summed E-state index contributed by atoms with van der Waals surface area (Å²) in [6.45, 7) is 1.80. The Balaban J connectivity index is 3.15. The second-order valence-electron chi connectivity index (χ2n) is 2.61. The third-order valence-electron chi connectivity index (χ3n) is 1.85. The summed E-state index contributed by atoms with van der Waals surface area (Å²) in [5, 5.41) is 10.5. The SMILES string of the molecule is COC(=O)c1cccc(SC#N)c1C. The fraction of sp³-hybridized carbons (Fsp3) is 0.200. The molecule has 0 unspecified atom stereocenters.